The number of thiazole rings is 1. The standard InChI is InChI=1S/C20H20N2OS/c1-14-6-8-16(9-7-14)20(23)22-12-10-15(11-13-22)19-21-17-4-2-3-5-18(17)24-19/h2-9,15H,10-13H2,1H3. The first kappa shape index (κ1) is 15.3. The number of benzene rings is 2. The molecule has 0 saturated carbocycles. The van der Waals surface area contributed by atoms with E-state index in [1.165, 1.54) is 15.3 Å². The van der Waals surface area contributed by atoms with Crippen LogP contribution in [-0.2, 0) is 0 Å². The molecule has 1 aliphatic rings. The SMILES string of the molecule is Cc1ccc(C(=O)N2CCC(c3nc4ccccc4s3)CC2)cc1. The van der Waals surface area contributed by atoms with Gasteiger partial charge in [-0.15, -0.1) is 11.3 Å². The maximum Gasteiger partial charge on any atom is 0.253 e. The molecule has 0 unspecified atom stereocenters. The number of amides is 1. The Labute approximate surface area is 146 Å². The number of aromatic nitrogens is 1. The van der Waals surface area contributed by atoms with E-state index in [1.54, 1.807) is 11.3 Å². The average molecular weight is 336 g/mol. The van der Waals surface area contributed by atoms with Crippen LogP contribution in [0.5, 0.6) is 0 Å². The molecule has 1 aromatic heterocycles. The minimum absolute atomic E-state index is 0.151. The minimum atomic E-state index is 0.151. The lowest BCUT2D eigenvalue weighted by Gasteiger charge is -2.31. The van der Waals surface area contributed by atoms with E-state index in [9.17, 15) is 4.79 Å². The Bertz CT molecular complexity index is 828. The fourth-order valence-electron chi connectivity index (χ4n) is 3.27. The molecule has 1 aliphatic heterocycles. The number of likely N-dealkylation sites (tertiary alicyclic amines) is 1. The topological polar surface area (TPSA) is 33.2 Å². The zero-order valence-corrected chi connectivity index (χ0v) is 14.6. The summed E-state index contributed by atoms with van der Waals surface area (Å²) in [6.07, 6.45) is 1.99. The zero-order chi connectivity index (χ0) is 16.5. The fraction of sp³-hybridized carbons (Fsp3) is 0.300. The van der Waals surface area contributed by atoms with Crippen molar-refractivity contribution in [2.45, 2.75) is 25.7 Å². The lowest BCUT2D eigenvalue weighted by Crippen LogP contribution is -2.37. The van der Waals surface area contributed by atoms with E-state index in [1.807, 2.05) is 42.2 Å². The van der Waals surface area contributed by atoms with E-state index < -0.39 is 0 Å². The largest absolute Gasteiger partial charge is 0.339 e. The molecule has 4 heteroatoms. The highest BCUT2D eigenvalue weighted by Gasteiger charge is 2.26. The lowest BCUT2D eigenvalue weighted by molar-refractivity contribution is 0.0713. The Balaban J connectivity index is 1.44. The summed E-state index contributed by atoms with van der Waals surface area (Å²) in [7, 11) is 0. The molecule has 2 aromatic carbocycles. The highest BCUT2D eigenvalue weighted by atomic mass is 32.1. The number of fused-ring (bicyclic) bond motifs is 1. The van der Waals surface area contributed by atoms with Crippen LogP contribution in [0, 0.1) is 6.92 Å². The molecule has 0 bridgehead atoms. The predicted octanol–water partition coefficient (Wildman–Crippen LogP) is 4.62. The van der Waals surface area contributed by atoms with Crippen molar-refractivity contribution in [3.63, 3.8) is 0 Å². The number of aryl methyl sites for hydroxylation is 1. The number of hydrogen-bond acceptors (Lipinski definition) is 3. The van der Waals surface area contributed by atoms with Crippen molar-refractivity contribution in [2.24, 2.45) is 0 Å². The number of piperidine rings is 1. The molecule has 3 aromatic rings. The molecule has 4 rings (SSSR count). The molecule has 1 fully saturated rings. The number of carbonyl (C=O) groups excluding carboxylic acids is 1. The van der Waals surface area contributed by atoms with Gasteiger partial charge in [-0.3, -0.25) is 4.79 Å². The molecule has 0 N–H and O–H groups in total. The Morgan fingerprint density at radius 1 is 1.08 bits per heavy atom. The van der Waals surface area contributed by atoms with E-state index >= 15 is 0 Å². The smallest absolute Gasteiger partial charge is 0.253 e. The highest BCUT2D eigenvalue weighted by Crippen LogP contribution is 2.34. The maximum absolute atomic E-state index is 12.6. The van der Waals surface area contributed by atoms with Crippen LogP contribution in [0.1, 0.15) is 39.7 Å². The molecular formula is C20H20N2OS. The predicted molar refractivity (Wildman–Crippen MR) is 98.7 cm³/mol. The van der Waals surface area contributed by atoms with Crippen LogP contribution in [0.4, 0.5) is 0 Å². The Kier molecular flexibility index (Phi) is 4.07. The van der Waals surface area contributed by atoms with Crippen LogP contribution < -0.4 is 0 Å². The number of carbonyl (C=O) groups is 1. The maximum atomic E-state index is 12.6. The van der Waals surface area contributed by atoms with Crippen LogP contribution in [0.2, 0.25) is 0 Å². The Morgan fingerprint density at radius 2 is 1.79 bits per heavy atom. The van der Waals surface area contributed by atoms with Gasteiger partial charge in [0.15, 0.2) is 0 Å². The van der Waals surface area contributed by atoms with Crippen LogP contribution in [0.25, 0.3) is 10.2 Å². The van der Waals surface area contributed by atoms with Crippen LogP contribution in [-0.4, -0.2) is 28.9 Å². The quantitative estimate of drug-likeness (QED) is 0.684. The second-order valence-electron chi connectivity index (χ2n) is 6.45. The first-order valence-corrected chi connectivity index (χ1v) is 9.24. The second-order valence-corrected chi connectivity index (χ2v) is 7.51. The summed E-state index contributed by atoms with van der Waals surface area (Å²) in [5.41, 5.74) is 3.07. The van der Waals surface area contributed by atoms with Crippen molar-refractivity contribution in [3.05, 3.63) is 64.7 Å². The van der Waals surface area contributed by atoms with Gasteiger partial charge in [0.2, 0.25) is 0 Å². The van der Waals surface area contributed by atoms with Crippen molar-refractivity contribution >= 4 is 27.5 Å². The van der Waals surface area contributed by atoms with Gasteiger partial charge in [0.05, 0.1) is 15.2 Å². The van der Waals surface area contributed by atoms with Gasteiger partial charge in [0.25, 0.3) is 5.91 Å². The molecule has 1 saturated heterocycles. The average Bonchev–Trinajstić information content (AvgIpc) is 3.06. The molecule has 3 nitrogen and oxygen atoms in total. The van der Waals surface area contributed by atoms with Crippen LogP contribution in [0.3, 0.4) is 0 Å². The van der Waals surface area contributed by atoms with Gasteiger partial charge >= 0.3 is 0 Å². The van der Waals surface area contributed by atoms with Gasteiger partial charge in [-0.2, -0.15) is 0 Å². The van der Waals surface area contributed by atoms with Crippen LogP contribution in [0.15, 0.2) is 48.5 Å². The number of hydrogen-bond donors (Lipinski definition) is 0. The van der Waals surface area contributed by atoms with E-state index in [2.05, 4.69) is 18.2 Å². The summed E-state index contributed by atoms with van der Waals surface area (Å²) in [6, 6.07) is 16.2. The van der Waals surface area contributed by atoms with Crippen molar-refractivity contribution in [2.75, 3.05) is 13.1 Å². The van der Waals surface area contributed by atoms with E-state index in [0.717, 1.165) is 37.0 Å². The van der Waals surface area contributed by atoms with E-state index in [-0.39, 0.29) is 5.91 Å². The number of rotatable bonds is 2. The summed E-state index contributed by atoms with van der Waals surface area (Å²) in [5, 5.41) is 1.22. The monoisotopic (exact) mass is 336 g/mol. The number of nitrogens with zero attached hydrogens (tertiary/aromatic N) is 2. The van der Waals surface area contributed by atoms with Crippen molar-refractivity contribution in [1.29, 1.82) is 0 Å². The normalized spacial score (nSPS) is 15.8. The second kappa shape index (κ2) is 6.36. The Morgan fingerprint density at radius 3 is 2.50 bits per heavy atom. The molecule has 0 aliphatic carbocycles. The van der Waals surface area contributed by atoms with Crippen molar-refractivity contribution < 1.29 is 4.79 Å². The third-order valence-electron chi connectivity index (χ3n) is 4.74. The van der Waals surface area contributed by atoms with Gasteiger partial charge in [-0.1, -0.05) is 29.8 Å². The molecule has 0 atom stereocenters. The summed E-state index contributed by atoms with van der Waals surface area (Å²) >= 11 is 1.80. The molecule has 1 amide bonds. The summed E-state index contributed by atoms with van der Waals surface area (Å²) in [6.45, 7) is 3.67. The minimum Gasteiger partial charge on any atom is -0.339 e. The third-order valence-corrected chi connectivity index (χ3v) is 5.94. The van der Waals surface area contributed by atoms with Crippen LogP contribution >= 0.6 is 11.3 Å². The molecule has 24 heavy (non-hydrogen) atoms. The molecule has 0 radical (unpaired) electrons. The number of para-hydroxylation sites is 1. The van der Waals surface area contributed by atoms with Crippen molar-refractivity contribution in [1.82, 2.24) is 9.88 Å². The highest BCUT2D eigenvalue weighted by molar-refractivity contribution is 7.18. The first-order chi connectivity index (χ1) is 11.7. The summed E-state index contributed by atoms with van der Waals surface area (Å²) in [5.74, 6) is 0.627. The van der Waals surface area contributed by atoms with E-state index in [4.69, 9.17) is 4.98 Å². The zero-order valence-electron chi connectivity index (χ0n) is 13.7. The van der Waals surface area contributed by atoms with Gasteiger partial charge in [-0.25, -0.2) is 4.98 Å². The Hall–Kier alpha value is -2.20. The fourth-order valence-corrected chi connectivity index (χ4v) is 4.41. The molecule has 0 spiro atoms. The molecular weight excluding hydrogens is 316 g/mol. The summed E-state index contributed by atoms with van der Waals surface area (Å²) in [4.78, 5) is 19.4. The van der Waals surface area contributed by atoms with Gasteiger partial charge < -0.3 is 4.90 Å². The van der Waals surface area contributed by atoms with Gasteiger partial charge in [0.1, 0.15) is 0 Å². The molecule has 122 valence electrons. The van der Waals surface area contributed by atoms with Gasteiger partial charge in [0, 0.05) is 24.6 Å². The summed E-state index contributed by atoms with van der Waals surface area (Å²) < 4.78 is 1.26. The lowest BCUT2D eigenvalue weighted by atomic mass is 9.97. The molecule has 2 heterocycles. The third kappa shape index (κ3) is 2.94. The van der Waals surface area contributed by atoms with Crippen molar-refractivity contribution in [3.8, 4) is 0 Å². The first-order valence-electron chi connectivity index (χ1n) is 8.42. The van der Waals surface area contributed by atoms with E-state index in [0.29, 0.717) is 5.92 Å². The van der Waals surface area contributed by atoms with Gasteiger partial charge in [-0.05, 0) is 44.0 Å².